The van der Waals surface area contributed by atoms with Gasteiger partial charge in [-0.1, -0.05) is 13.8 Å². The third-order valence-corrected chi connectivity index (χ3v) is 3.25. The van der Waals surface area contributed by atoms with Gasteiger partial charge in [-0.25, -0.2) is 9.48 Å². The van der Waals surface area contributed by atoms with E-state index < -0.39 is 5.97 Å². The van der Waals surface area contributed by atoms with E-state index in [1.165, 1.54) is 0 Å². The minimum atomic E-state index is -0.918. The predicted molar refractivity (Wildman–Crippen MR) is 75.8 cm³/mol. The number of carboxylic acids is 1. The Morgan fingerprint density at radius 2 is 1.90 bits per heavy atom. The van der Waals surface area contributed by atoms with Gasteiger partial charge in [-0.05, 0) is 37.1 Å². The van der Waals surface area contributed by atoms with E-state index in [1.807, 2.05) is 38.1 Å². The molecule has 0 bridgehead atoms. The average molecular weight is 274 g/mol. The fourth-order valence-electron chi connectivity index (χ4n) is 2.26. The van der Waals surface area contributed by atoms with Crippen molar-refractivity contribution >= 4 is 5.97 Å². The van der Waals surface area contributed by atoms with Gasteiger partial charge in [-0.2, -0.15) is 5.10 Å². The van der Waals surface area contributed by atoms with Crippen molar-refractivity contribution in [2.75, 3.05) is 7.11 Å². The molecule has 2 rings (SSSR count). The Hall–Kier alpha value is -2.30. The van der Waals surface area contributed by atoms with Crippen molar-refractivity contribution in [1.82, 2.24) is 9.78 Å². The summed E-state index contributed by atoms with van der Waals surface area (Å²) in [5.74, 6) is -0.161. The van der Waals surface area contributed by atoms with Gasteiger partial charge in [0.25, 0.3) is 0 Å². The Labute approximate surface area is 117 Å². The van der Waals surface area contributed by atoms with E-state index >= 15 is 0 Å². The van der Waals surface area contributed by atoms with Crippen LogP contribution in [-0.4, -0.2) is 28.0 Å². The molecule has 0 saturated heterocycles. The highest BCUT2D eigenvalue weighted by atomic mass is 16.5. The third kappa shape index (κ3) is 2.39. The molecule has 0 spiro atoms. The molecule has 1 aromatic heterocycles. The van der Waals surface area contributed by atoms with Crippen molar-refractivity contribution < 1.29 is 14.6 Å². The summed E-state index contributed by atoms with van der Waals surface area (Å²) in [7, 11) is 1.61. The Morgan fingerprint density at radius 1 is 1.25 bits per heavy atom. The van der Waals surface area contributed by atoms with E-state index in [-0.39, 0.29) is 0 Å². The zero-order valence-corrected chi connectivity index (χ0v) is 11.9. The summed E-state index contributed by atoms with van der Waals surface area (Å²) in [5.41, 5.74) is 2.50. The zero-order valence-electron chi connectivity index (χ0n) is 11.9. The number of aryl methyl sites for hydroxylation is 1. The predicted octanol–water partition coefficient (Wildman–Crippen LogP) is 2.70. The van der Waals surface area contributed by atoms with E-state index in [2.05, 4.69) is 5.10 Å². The maximum absolute atomic E-state index is 11.4. The molecule has 2 aromatic rings. The number of nitrogens with zero attached hydrogens (tertiary/aromatic N) is 2. The molecule has 0 atom stereocenters. The van der Waals surface area contributed by atoms with Crippen LogP contribution in [0.3, 0.4) is 0 Å². The fraction of sp³-hybridized carbons (Fsp3) is 0.333. The minimum absolute atomic E-state index is 0.325. The zero-order chi connectivity index (χ0) is 14.7. The molecule has 106 valence electrons. The van der Waals surface area contributed by atoms with E-state index in [0.717, 1.165) is 17.1 Å². The van der Waals surface area contributed by atoms with Crippen molar-refractivity contribution in [3.8, 4) is 11.4 Å². The molecule has 0 aliphatic heterocycles. The summed E-state index contributed by atoms with van der Waals surface area (Å²) < 4.78 is 6.84. The lowest BCUT2D eigenvalue weighted by Gasteiger charge is -2.07. The summed E-state index contributed by atoms with van der Waals surface area (Å²) in [6, 6.07) is 7.41. The molecule has 0 aliphatic carbocycles. The summed E-state index contributed by atoms with van der Waals surface area (Å²) in [4.78, 5) is 11.4. The standard InChI is InChI=1S/C15H18N2O3/c1-4-12-14(15(18)19)13(5-2)17(16-12)10-6-8-11(20-3)9-7-10/h6-9H,4-5H2,1-3H3,(H,18,19). The number of hydrogen-bond acceptors (Lipinski definition) is 3. The maximum Gasteiger partial charge on any atom is 0.339 e. The molecule has 0 amide bonds. The third-order valence-electron chi connectivity index (χ3n) is 3.25. The van der Waals surface area contributed by atoms with Crippen molar-refractivity contribution in [2.24, 2.45) is 0 Å². The lowest BCUT2D eigenvalue weighted by atomic mass is 10.1. The largest absolute Gasteiger partial charge is 0.497 e. The summed E-state index contributed by atoms with van der Waals surface area (Å²) in [6.45, 7) is 3.84. The van der Waals surface area contributed by atoms with Crippen LogP contribution < -0.4 is 4.74 Å². The molecule has 0 radical (unpaired) electrons. The molecular weight excluding hydrogens is 256 g/mol. The SMILES string of the molecule is CCc1nn(-c2ccc(OC)cc2)c(CC)c1C(=O)O. The first-order valence-corrected chi connectivity index (χ1v) is 6.60. The summed E-state index contributed by atoms with van der Waals surface area (Å²) in [6.07, 6.45) is 1.21. The van der Waals surface area contributed by atoms with Gasteiger partial charge in [0, 0.05) is 0 Å². The quantitative estimate of drug-likeness (QED) is 0.910. The Bertz CT molecular complexity index is 615. The second kappa shape index (κ2) is 5.77. The van der Waals surface area contributed by atoms with Crippen LogP contribution in [0.5, 0.6) is 5.75 Å². The number of aromatic carboxylic acids is 1. The van der Waals surface area contributed by atoms with Gasteiger partial charge < -0.3 is 9.84 Å². The van der Waals surface area contributed by atoms with E-state index in [9.17, 15) is 9.90 Å². The molecule has 5 heteroatoms. The smallest absolute Gasteiger partial charge is 0.339 e. The first-order valence-electron chi connectivity index (χ1n) is 6.60. The fourth-order valence-corrected chi connectivity index (χ4v) is 2.26. The van der Waals surface area contributed by atoms with Gasteiger partial charge in [-0.3, -0.25) is 0 Å². The molecule has 5 nitrogen and oxygen atoms in total. The van der Waals surface area contributed by atoms with Crippen LogP contribution in [0.1, 0.15) is 35.6 Å². The second-order valence-corrected chi connectivity index (χ2v) is 4.39. The maximum atomic E-state index is 11.4. The van der Waals surface area contributed by atoms with Gasteiger partial charge in [-0.15, -0.1) is 0 Å². The highest BCUT2D eigenvalue weighted by Crippen LogP contribution is 2.22. The normalized spacial score (nSPS) is 10.6. The molecule has 0 aliphatic rings. The van der Waals surface area contributed by atoms with Gasteiger partial charge in [0.1, 0.15) is 11.3 Å². The van der Waals surface area contributed by atoms with Crippen LogP contribution in [0.15, 0.2) is 24.3 Å². The number of ether oxygens (including phenoxy) is 1. The summed E-state index contributed by atoms with van der Waals surface area (Å²) in [5, 5.41) is 13.8. The Kier molecular flexibility index (Phi) is 4.08. The number of methoxy groups -OCH3 is 1. The molecular formula is C15H18N2O3. The van der Waals surface area contributed by atoms with Crippen LogP contribution in [0.25, 0.3) is 5.69 Å². The Morgan fingerprint density at radius 3 is 2.35 bits per heavy atom. The van der Waals surface area contributed by atoms with Crippen molar-refractivity contribution in [3.05, 3.63) is 41.2 Å². The van der Waals surface area contributed by atoms with Crippen molar-refractivity contribution in [2.45, 2.75) is 26.7 Å². The average Bonchev–Trinajstić information content (AvgIpc) is 2.86. The number of rotatable bonds is 5. The highest BCUT2D eigenvalue weighted by Gasteiger charge is 2.21. The van der Waals surface area contributed by atoms with Crippen LogP contribution in [0.4, 0.5) is 0 Å². The van der Waals surface area contributed by atoms with E-state index in [4.69, 9.17) is 4.74 Å². The molecule has 1 heterocycles. The molecule has 1 aromatic carbocycles. The topological polar surface area (TPSA) is 64.4 Å². The highest BCUT2D eigenvalue weighted by molar-refractivity contribution is 5.90. The first kappa shape index (κ1) is 14.1. The molecule has 1 N–H and O–H groups in total. The monoisotopic (exact) mass is 274 g/mol. The minimum Gasteiger partial charge on any atom is -0.497 e. The van der Waals surface area contributed by atoms with E-state index in [0.29, 0.717) is 24.1 Å². The second-order valence-electron chi connectivity index (χ2n) is 4.39. The molecule has 0 fully saturated rings. The van der Waals surface area contributed by atoms with Gasteiger partial charge in [0.15, 0.2) is 0 Å². The molecule has 0 saturated carbocycles. The van der Waals surface area contributed by atoms with Crippen molar-refractivity contribution in [3.63, 3.8) is 0 Å². The number of benzene rings is 1. The van der Waals surface area contributed by atoms with Crippen LogP contribution in [0.2, 0.25) is 0 Å². The Balaban J connectivity index is 2.57. The van der Waals surface area contributed by atoms with Crippen LogP contribution in [0, 0.1) is 0 Å². The lowest BCUT2D eigenvalue weighted by molar-refractivity contribution is 0.0694. The van der Waals surface area contributed by atoms with E-state index in [1.54, 1.807) is 11.8 Å². The number of aromatic nitrogens is 2. The number of carbonyl (C=O) groups is 1. The lowest BCUT2D eigenvalue weighted by Crippen LogP contribution is -2.06. The van der Waals surface area contributed by atoms with Crippen molar-refractivity contribution in [1.29, 1.82) is 0 Å². The first-order chi connectivity index (χ1) is 9.62. The van der Waals surface area contributed by atoms with Gasteiger partial charge >= 0.3 is 5.97 Å². The van der Waals surface area contributed by atoms with Gasteiger partial charge in [0.05, 0.1) is 24.2 Å². The van der Waals surface area contributed by atoms with Crippen LogP contribution in [-0.2, 0) is 12.8 Å². The summed E-state index contributed by atoms with van der Waals surface area (Å²) >= 11 is 0. The number of hydrogen-bond donors (Lipinski definition) is 1. The molecule has 0 unspecified atom stereocenters. The van der Waals surface area contributed by atoms with Crippen LogP contribution >= 0.6 is 0 Å². The molecule has 20 heavy (non-hydrogen) atoms. The van der Waals surface area contributed by atoms with Gasteiger partial charge in [0.2, 0.25) is 0 Å². The number of carboxylic acid groups (broad SMARTS) is 1.